The van der Waals surface area contributed by atoms with Crippen LogP contribution in [0.15, 0.2) is 27.8 Å². The van der Waals surface area contributed by atoms with Crippen LogP contribution in [0.25, 0.3) is 16.9 Å². The predicted molar refractivity (Wildman–Crippen MR) is 111 cm³/mol. The van der Waals surface area contributed by atoms with E-state index in [1.165, 1.54) is 4.57 Å². The Morgan fingerprint density at radius 2 is 1.93 bits per heavy atom. The fraction of sp³-hybridized carbons (Fsp3) is 0.316. The molecule has 0 aliphatic rings. The zero-order valence-corrected chi connectivity index (χ0v) is 16.9. The van der Waals surface area contributed by atoms with Gasteiger partial charge >= 0.3 is 5.69 Å². The minimum atomic E-state index is -0.475. The Morgan fingerprint density at radius 3 is 2.64 bits per heavy atom. The highest BCUT2D eigenvalue weighted by atomic mass is 35.5. The molecular formula is C19H21ClN6O2. The molecule has 4 rings (SSSR count). The number of benzene rings is 1. The smallest absolute Gasteiger partial charge is 0.329 e. The first kappa shape index (κ1) is 18.4. The summed E-state index contributed by atoms with van der Waals surface area (Å²) in [6, 6.07) is 5.87. The molecule has 28 heavy (non-hydrogen) atoms. The van der Waals surface area contributed by atoms with E-state index in [9.17, 15) is 9.59 Å². The minimum absolute atomic E-state index is 0.374. The summed E-state index contributed by atoms with van der Waals surface area (Å²) in [5, 5.41) is 4.08. The van der Waals surface area contributed by atoms with Crippen molar-refractivity contribution < 1.29 is 0 Å². The fourth-order valence-corrected chi connectivity index (χ4v) is 3.64. The Bertz CT molecular complexity index is 1340. The number of aryl methyl sites for hydroxylation is 3. The van der Waals surface area contributed by atoms with Gasteiger partial charge in [-0.05, 0) is 38.5 Å². The second kappa shape index (κ2) is 6.56. The van der Waals surface area contributed by atoms with Crippen molar-refractivity contribution in [1.29, 1.82) is 0 Å². The van der Waals surface area contributed by atoms with Crippen LogP contribution in [0.1, 0.15) is 17.0 Å². The van der Waals surface area contributed by atoms with Crippen LogP contribution < -0.4 is 16.6 Å². The largest absolute Gasteiger partial charge is 0.383 e. The van der Waals surface area contributed by atoms with Crippen LogP contribution in [0.5, 0.6) is 0 Å². The quantitative estimate of drug-likeness (QED) is 0.550. The monoisotopic (exact) mass is 400 g/mol. The van der Waals surface area contributed by atoms with Gasteiger partial charge in [0.25, 0.3) is 5.56 Å². The lowest BCUT2D eigenvalue weighted by Gasteiger charge is -2.10. The highest BCUT2D eigenvalue weighted by Gasteiger charge is 2.20. The molecule has 1 aromatic carbocycles. The Labute approximate surface area is 165 Å². The molecule has 0 saturated carbocycles. The maximum atomic E-state index is 12.4. The zero-order valence-electron chi connectivity index (χ0n) is 16.1. The lowest BCUT2D eigenvalue weighted by molar-refractivity contribution is 0.722. The molecule has 0 unspecified atom stereocenters. The summed E-state index contributed by atoms with van der Waals surface area (Å²) < 4.78 is 5.21. The molecule has 0 spiro atoms. The van der Waals surface area contributed by atoms with Gasteiger partial charge in [0.15, 0.2) is 11.2 Å². The average Bonchev–Trinajstić information content (AvgIpc) is 3.15. The lowest BCUT2D eigenvalue weighted by Crippen LogP contribution is -2.28. The Balaban J connectivity index is 1.74. The summed E-state index contributed by atoms with van der Waals surface area (Å²) in [6.07, 6.45) is 0. The molecule has 0 bridgehead atoms. The van der Waals surface area contributed by atoms with Gasteiger partial charge in [-0.1, -0.05) is 17.7 Å². The molecule has 3 heterocycles. The lowest BCUT2D eigenvalue weighted by atomic mass is 10.2. The number of imidazole rings is 2. The van der Waals surface area contributed by atoms with Crippen molar-refractivity contribution >= 4 is 34.2 Å². The van der Waals surface area contributed by atoms with Crippen LogP contribution in [-0.2, 0) is 13.6 Å². The number of aromatic nitrogens is 5. The SMILES string of the molecule is Cc1ccc(NCCn2c(C)c(C)n3c4c(=O)[nH]c(=O)n(C)c4nc23)cc1Cl. The van der Waals surface area contributed by atoms with E-state index in [1.54, 1.807) is 7.05 Å². The summed E-state index contributed by atoms with van der Waals surface area (Å²) >= 11 is 6.19. The first-order valence-corrected chi connectivity index (χ1v) is 9.34. The maximum absolute atomic E-state index is 12.4. The predicted octanol–water partition coefficient (Wildman–Crippen LogP) is 2.37. The Kier molecular flexibility index (Phi) is 4.30. The van der Waals surface area contributed by atoms with Gasteiger partial charge in [-0.3, -0.25) is 18.7 Å². The topological polar surface area (TPSA) is 89.1 Å². The van der Waals surface area contributed by atoms with Crippen LogP contribution >= 0.6 is 11.6 Å². The standard InChI is InChI=1S/C19H21ClN6O2/c1-10-5-6-13(9-14(10)20)21-7-8-25-11(2)12(3)26-15-16(22-18(25)26)24(4)19(28)23-17(15)27/h5-6,9,21H,7-8H2,1-4H3,(H,23,27,28). The average molecular weight is 401 g/mol. The van der Waals surface area contributed by atoms with Gasteiger partial charge < -0.3 is 9.88 Å². The van der Waals surface area contributed by atoms with E-state index >= 15 is 0 Å². The molecule has 0 radical (unpaired) electrons. The summed E-state index contributed by atoms with van der Waals surface area (Å²) in [7, 11) is 1.60. The molecule has 0 fully saturated rings. The molecular weight excluding hydrogens is 380 g/mol. The summed E-state index contributed by atoms with van der Waals surface area (Å²) in [4.78, 5) is 31.2. The number of hydrogen-bond acceptors (Lipinski definition) is 4. The van der Waals surface area contributed by atoms with Gasteiger partial charge in [0, 0.05) is 42.2 Å². The first-order chi connectivity index (χ1) is 13.3. The van der Waals surface area contributed by atoms with Crippen molar-refractivity contribution in [3.63, 3.8) is 0 Å². The number of halogens is 1. The van der Waals surface area contributed by atoms with Crippen LogP contribution in [0, 0.1) is 20.8 Å². The zero-order chi connectivity index (χ0) is 20.2. The van der Waals surface area contributed by atoms with E-state index in [4.69, 9.17) is 11.6 Å². The van der Waals surface area contributed by atoms with Crippen LogP contribution in [-0.4, -0.2) is 30.0 Å². The molecule has 9 heteroatoms. The van der Waals surface area contributed by atoms with E-state index in [1.807, 2.05) is 47.9 Å². The number of anilines is 1. The second-order valence-corrected chi connectivity index (χ2v) is 7.36. The van der Waals surface area contributed by atoms with Gasteiger partial charge in [0.1, 0.15) is 0 Å². The molecule has 0 aliphatic carbocycles. The van der Waals surface area contributed by atoms with Gasteiger partial charge in [-0.15, -0.1) is 0 Å². The number of hydrogen-bond donors (Lipinski definition) is 2. The van der Waals surface area contributed by atoms with Crippen molar-refractivity contribution in [1.82, 2.24) is 23.5 Å². The number of nitrogens with one attached hydrogen (secondary N) is 2. The number of fused-ring (bicyclic) bond motifs is 3. The van der Waals surface area contributed by atoms with Crippen LogP contribution in [0.2, 0.25) is 5.02 Å². The third-order valence-electron chi connectivity index (χ3n) is 5.24. The van der Waals surface area contributed by atoms with Crippen molar-refractivity contribution in [3.05, 3.63) is 61.0 Å². The van der Waals surface area contributed by atoms with Crippen molar-refractivity contribution in [3.8, 4) is 0 Å². The van der Waals surface area contributed by atoms with Gasteiger partial charge in [0.2, 0.25) is 5.78 Å². The minimum Gasteiger partial charge on any atom is -0.383 e. The number of H-pyrrole nitrogens is 1. The van der Waals surface area contributed by atoms with Crippen molar-refractivity contribution in [2.75, 3.05) is 11.9 Å². The van der Waals surface area contributed by atoms with Gasteiger partial charge in [0.05, 0.1) is 0 Å². The number of aromatic amines is 1. The van der Waals surface area contributed by atoms with Gasteiger partial charge in [-0.25, -0.2) is 4.79 Å². The summed E-state index contributed by atoms with van der Waals surface area (Å²) in [5.41, 5.74) is 3.76. The number of rotatable bonds is 4. The molecule has 0 saturated heterocycles. The molecule has 2 N–H and O–H groups in total. The van der Waals surface area contributed by atoms with Crippen molar-refractivity contribution in [2.24, 2.45) is 7.05 Å². The highest BCUT2D eigenvalue weighted by Crippen LogP contribution is 2.22. The van der Waals surface area contributed by atoms with Crippen molar-refractivity contribution in [2.45, 2.75) is 27.3 Å². The summed E-state index contributed by atoms with van der Waals surface area (Å²) in [6.45, 7) is 7.20. The third-order valence-corrected chi connectivity index (χ3v) is 5.65. The van der Waals surface area contributed by atoms with E-state index in [-0.39, 0.29) is 0 Å². The second-order valence-electron chi connectivity index (χ2n) is 6.95. The van der Waals surface area contributed by atoms with E-state index < -0.39 is 11.2 Å². The third kappa shape index (κ3) is 2.72. The summed E-state index contributed by atoms with van der Waals surface area (Å²) in [5.74, 6) is 0.639. The molecule has 8 nitrogen and oxygen atoms in total. The number of nitrogens with zero attached hydrogens (tertiary/aromatic N) is 4. The van der Waals surface area contributed by atoms with E-state index in [0.717, 1.165) is 27.7 Å². The molecule has 146 valence electrons. The molecule has 0 amide bonds. The normalized spacial score (nSPS) is 11.6. The first-order valence-electron chi connectivity index (χ1n) is 8.96. The van der Waals surface area contributed by atoms with E-state index in [2.05, 4.69) is 15.3 Å². The highest BCUT2D eigenvalue weighted by molar-refractivity contribution is 6.31. The fourth-order valence-electron chi connectivity index (χ4n) is 3.46. The van der Waals surface area contributed by atoms with Crippen LogP contribution in [0.4, 0.5) is 5.69 Å². The molecule has 4 aromatic rings. The maximum Gasteiger partial charge on any atom is 0.329 e. The van der Waals surface area contributed by atoms with Gasteiger partial charge in [-0.2, -0.15) is 4.98 Å². The Hall–Kier alpha value is -3.00. The molecule has 0 atom stereocenters. The van der Waals surface area contributed by atoms with Crippen LogP contribution in [0.3, 0.4) is 0 Å². The van der Waals surface area contributed by atoms with E-state index in [0.29, 0.717) is 30.0 Å². The Morgan fingerprint density at radius 1 is 1.18 bits per heavy atom. The molecule has 3 aromatic heterocycles. The molecule has 0 aliphatic heterocycles.